The average molecular weight is 346 g/mol. The Balaban J connectivity index is 1.84. The van der Waals surface area contributed by atoms with Crippen molar-refractivity contribution in [2.75, 3.05) is 0 Å². The van der Waals surface area contributed by atoms with E-state index in [2.05, 4.69) is 12.1 Å². The number of hydrogen-bond donors (Lipinski definition) is 4. The highest BCUT2D eigenvalue weighted by Crippen LogP contribution is 2.39. The molecule has 0 aliphatic heterocycles. The first-order valence-corrected chi connectivity index (χ1v) is 8.66. The molecule has 0 amide bonds. The molecule has 2 aliphatic carbocycles. The fraction of sp³-hybridized carbons (Fsp3) is 0.182. The molecule has 0 fully saturated rings. The first-order valence-electron chi connectivity index (χ1n) is 8.66. The summed E-state index contributed by atoms with van der Waals surface area (Å²) < 4.78 is 0. The molecule has 0 spiro atoms. The lowest BCUT2D eigenvalue weighted by Crippen LogP contribution is -2.19. The minimum atomic E-state index is -0.934. The van der Waals surface area contributed by atoms with Crippen molar-refractivity contribution in [3.8, 4) is 0 Å². The molecule has 4 atom stereocenters. The van der Waals surface area contributed by atoms with Crippen molar-refractivity contribution in [2.45, 2.75) is 24.4 Å². The molecule has 3 aromatic carbocycles. The lowest BCUT2D eigenvalue weighted by atomic mass is 9.85. The molecule has 0 aromatic heterocycles. The molecule has 0 heterocycles. The summed E-state index contributed by atoms with van der Waals surface area (Å²) in [6, 6.07) is 11.8. The van der Waals surface area contributed by atoms with Gasteiger partial charge in [0.05, 0.1) is 0 Å². The van der Waals surface area contributed by atoms with Crippen LogP contribution in [0.4, 0.5) is 0 Å². The summed E-state index contributed by atoms with van der Waals surface area (Å²) in [4.78, 5) is 0. The first-order chi connectivity index (χ1) is 12.5. The Morgan fingerprint density at radius 1 is 0.577 bits per heavy atom. The van der Waals surface area contributed by atoms with Crippen LogP contribution >= 0.6 is 0 Å². The molecule has 0 radical (unpaired) electrons. The van der Waals surface area contributed by atoms with E-state index in [-0.39, 0.29) is 0 Å². The molecule has 2 aliphatic rings. The third kappa shape index (κ3) is 2.11. The van der Waals surface area contributed by atoms with Gasteiger partial charge in [-0.25, -0.2) is 0 Å². The summed E-state index contributed by atoms with van der Waals surface area (Å²) in [6.07, 6.45) is 3.26. The number of aliphatic hydroxyl groups is 4. The fourth-order valence-corrected chi connectivity index (χ4v) is 4.08. The van der Waals surface area contributed by atoms with Crippen LogP contribution in [0.25, 0.3) is 33.7 Å². The first kappa shape index (κ1) is 15.7. The van der Waals surface area contributed by atoms with Gasteiger partial charge in [-0.05, 0) is 55.9 Å². The number of fused-ring (bicyclic) bond motifs is 6. The van der Waals surface area contributed by atoms with E-state index >= 15 is 0 Å². The Hall–Kier alpha value is -2.50. The number of hydrogen-bond acceptors (Lipinski definition) is 4. The van der Waals surface area contributed by atoms with Crippen molar-refractivity contribution >= 4 is 33.7 Å². The smallest absolute Gasteiger partial charge is 0.109 e. The van der Waals surface area contributed by atoms with Crippen LogP contribution in [0.15, 0.2) is 48.6 Å². The molecule has 0 bridgehead atoms. The zero-order valence-electron chi connectivity index (χ0n) is 13.9. The predicted molar refractivity (Wildman–Crippen MR) is 101 cm³/mol. The molecular weight excluding hydrogens is 328 g/mol. The zero-order valence-corrected chi connectivity index (χ0v) is 13.9. The van der Waals surface area contributed by atoms with Crippen LogP contribution in [0.2, 0.25) is 0 Å². The lowest BCUT2D eigenvalue weighted by Gasteiger charge is -2.25. The molecule has 130 valence electrons. The number of rotatable bonds is 0. The van der Waals surface area contributed by atoms with E-state index < -0.39 is 24.4 Å². The standard InChI is InChI=1S/C22H18O4/c23-19-7-5-13-15(21(19)25)3-1-11-9-12-2-4-16-14(18(12)10-17(11)13)6-8-20(24)22(16)26/h1-10,19-26H/t19-,20+,21-,22+. The maximum absolute atomic E-state index is 10.3. The molecule has 4 N–H and O–H groups in total. The summed E-state index contributed by atoms with van der Waals surface area (Å²) >= 11 is 0. The van der Waals surface area contributed by atoms with E-state index in [1.54, 1.807) is 12.2 Å². The SMILES string of the molecule is O[C@@H]1C=Cc2c(ccc3cc4ccc5c(c4cc23)C=C[C@H](O)[C@H]5O)[C@H]1O. The lowest BCUT2D eigenvalue weighted by molar-refractivity contribution is 0.0471. The van der Waals surface area contributed by atoms with Crippen molar-refractivity contribution in [1.29, 1.82) is 0 Å². The Morgan fingerprint density at radius 3 is 1.50 bits per heavy atom. The van der Waals surface area contributed by atoms with Gasteiger partial charge in [-0.15, -0.1) is 0 Å². The topological polar surface area (TPSA) is 80.9 Å². The largest absolute Gasteiger partial charge is 0.386 e. The summed E-state index contributed by atoms with van der Waals surface area (Å²) in [7, 11) is 0. The quantitative estimate of drug-likeness (QED) is 0.472. The van der Waals surface area contributed by atoms with Gasteiger partial charge in [-0.2, -0.15) is 0 Å². The van der Waals surface area contributed by atoms with E-state index in [9.17, 15) is 20.4 Å². The maximum Gasteiger partial charge on any atom is 0.109 e. The van der Waals surface area contributed by atoms with Crippen LogP contribution in [0.1, 0.15) is 34.5 Å². The highest BCUT2D eigenvalue weighted by Gasteiger charge is 2.25. The Labute approximate surface area is 150 Å². The van der Waals surface area contributed by atoms with Crippen LogP contribution in [-0.2, 0) is 0 Å². The molecule has 0 unspecified atom stereocenters. The third-order valence-electron chi connectivity index (χ3n) is 5.51. The second-order valence-corrected chi connectivity index (χ2v) is 7.02. The van der Waals surface area contributed by atoms with Crippen LogP contribution in [-0.4, -0.2) is 32.6 Å². The highest BCUT2D eigenvalue weighted by atomic mass is 16.3. The molecule has 3 aromatic rings. The van der Waals surface area contributed by atoms with Crippen molar-refractivity contribution in [1.82, 2.24) is 0 Å². The number of benzene rings is 3. The fourth-order valence-electron chi connectivity index (χ4n) is 4.08. The number of aliphatic hydroxyl groups excluding tert-OH is 4. The van der Waals surface area contributed by atoms with E-state index in [0.29, 0.717) is 11.1 Å². The Kier molecular flexibility index (Phi) is 3.33. The van der Waals surface area contributed by atoms with Crippen molar-refractivity contribution in [3.63, 3.8) is 0 Å². The molecule has 4 nitrogen and oxygen atoms in total. The van der Waals surface area contributed by atoms with Crippen LogP contribution in [0, 0.1) is 0 Å². The molecule has 0 saturated heterocycles. The van der Waals surface area contributed by atoms with Gasteiger partial charge < -0.3 is 20.4 Å². The Morgan fingerprint density at radius 2 is 1.04 bits per heavy atom. The van der Waals surface area contributed by atoms with Gasteiger partial charge in [-0.3, -0.25) is 0 Å². The van der Waals surface area contributed by atoms with Gasteiger partial charge in [0, 0.05) is 0 Å². The van der Waals surface area contributed by atoms with Gasteiger partial charge in [0.2, 0.25) is 0 Å². The van der Waals surface area contributed by atoms with Crippen molar-refractivity contribution in [3.05, 3.63) is 70.8 Å². The van der Waals surface area contributed by atoms with Crippen LogP contribution < -0.4 is 0 Å². The summed E-state index contributed by atoms with van der Waals surface area (Å²) in [5.41, 5.74) is 3.23. The second kappa shape index (κ2) is 5.50. The van der Waals surface area contributed by atoms with E-state index in [1.807, 2.05) is 36.4 Å². The Bertz CT molecular complexity index is 1030. The average Bonchev–Trinajstić information content (AvgIpc) is 2.65. The normalized spacial score (nSPS) is 26.9. The van der Waals surface area contributed by atoms with Gasteiger partial charge in [0.15, 0.2) is 0 Å². The molecule has 0 saturated carbocycles. The van der Waals surface area contributed by atoms with Gasteiger partial charge in [0.25, 0.3) is 0 Å². The summed E-state index contributed by atoms with van der Waals surface area (Å²) in [5.74, 6) is 0. The minimum absolute atomic E-state index is 0.711. The summed E-state index contributed by atoms with van der Waals surface area (Å²) in [6.45, 7) is 0. The van der Waals surface area contributed by atoms with Gasteiger partial charge in [0.1, 0.15) is 24.4 Å². The van der Waals surface area contributed by atoms with Crippen molar-refractivity contribution < 1.29 is 20.4 Å². The van der Waals surface area contributed by atoms with Crippen LogP contribution in [0.5, 0.6) is 0 Å². The van der Waals surface area contributed by atoms with E-state index in [0.717, 1.165) is 32.7 Å². The molecule has 26 heavy (non-hydrogen) atoms. The van der Waals surface area contributed by atoms with E-state index in [4.69, 9.17) is 0 Å². The molecular formula is C22H18O4. The predicted octanol–water partition coefficient (Wildman–Crippen LogP) is 2.84. The summed E-state index contributed by atoms with van der Waals surface area (Å²) in [5, 5.41) is 44.4. The minimum Gasteiger partial charge on any atom is -0.386 e. The zero-order chi connectivity index (χ0) is 18.0. The highest BCUT2D eigenvalue weighted by molar-refractivity contribution is 6.05. The van der Waals surface area contributed by atoms with Crippen molar-refractivity contribution in [2.24, 2.45) is 0 Å². The van der Waals surface area contributed by atoms with Crippen LogP contribution in [0.3, 0.4) is 0 Å². The van der Waals surface area contributed by atoms with E-state index in [1.165, 1.54) is 0 Å². The maximum atomic E-state index is 10.3. The monoisotopic (exact) mass is 346 g/mol. The van der Waals surface area contributed by atoms with Gasteiger partial charge in [-0.1, -0.05) is 48.6 Å². The second-order valence-electron chi connectivity index (χ2n) is 7.02. The third-order valence-corrected chi connectivity index (χ3v) is 5.51. The van der Waals surface area contributed by atoms with Gasteiger partial charge >= 0.3 is 0 Å². The molecule has 5 rings (SSSR count). The molecule has 4 heteroatoms.